The lowest BCUT2D eigenvalue weighted by Crippen LogP contribution is -2.15. The quantitative estimate of drug-likeness (QED) is 0.345. The fraction of sp³-hybridized carbons (Fsp3) is 0.0667. The van der Waals surface area contributed by atoms with Crippen LogP contribution in [0.15, 0.2) is 52.1 Å². The summed E-state index contributed by atoms with van der Waals surface area (Å²) in [6.07, 6.45) is 0. The topological polar surface area (TPSA) is 87.7 Å². The van der Waals surface area contributed by atoms with Gasteiger partial charge in [0.15, 0.2) is 5.84 Å². The molecule has 2 aromatic carbocycles. The first-order chi connectivity index (χ1) is 10.0. The first-order valence-electron chi connectivity index (χ1n) is 6.16. The van der Waals surface area contributed by atoms with Gasteiger partial charge < -0.3 is 16.3 Å². The van der Waals surface area contributed by atoms with Crippen LogP contribution in [-0.4, -0.2) is 17.0 Å². The Morgan fingerprint density at radius 2 is 2.00 bits per heavy atom. The van der Waals surface area contributed by atoms with Gasteiger partial charge in [0.2, 0.25) is 0 Å². The van der Waals surface area contributed by atoms with Crippen LogP contribution in [0.2, 0.25) is 0 Å². The standard InChI is InChI=1S/C15H14BrN3O2/c1-9-7-11(5-6-13(9)16)15(20)18-12-4-2-3-10(8-12)14(17)19-21/h2-8,21H,1H3,(H2,17,19)(H,18,20). The molecule has 108 valence electrons. The second-order valence-electron chi connectivity index (χ2n) is 4.48. The number of anilines is 1. The Balaban J connectivity index is 2.21. The summed E-state index contributed by atoms with van der Waals surface area (Å²) >= 11 is 3.40. The number of aryl methyl sites for hydroxylation is 1. The summed E-state index contributed by atoms with van der Waals surface area (Å²) in [5.74, 6) is -0.229. The van der Waals surface area contributed by atoms with Crippen LogP contribution >= 0.6 is 15.9 Å². The molecule has 21 heavy (non-hydrogen) atoms. The zero-order valence-corrected chi connectivity index (χ0v) is 12.9. The van der Waals surface area contributed by atoms with E-state index < -0.39 is 0 Å². The van der Waals surface area contributed by atoms with E-state index in [2.05, 4.69) is 26.4 Å². The molecule has 0 aliphatic heterocycles. The van der Waals surface area contributed by atoms with Gasteiger partial charge in [-0.3, -0.25) is 4.79 Å². The number of benzene rings is 2. The van der Waals surface area contributed by atoms with Gasteiger partial charge in [-0.05, 0) is 42.8 Å². The molecule has 0 unspecified atom stereocenters. The first-order valence-corrected chi connectivity index (χ1v) is 6.96. The Hall–Kier alpha value is -2.34. The fourth-order valence-corrected chi connectivity index (χ4v) is 2.05. The highest BCUT2D eigenvalue weighted by Crippen LogP contribution is 2.18. The van der Waals surface area contributed by atoms with Gasteiger partial charge in [0, 0.05) is 21.3 Å². The van der Waals surface area contributed by atoms with E-state index in [1.54, 1.807) is 36.4 Å². The van der Waals surface area contributed by atoms with Gasteiger partial charge in [0.25, 0.3) is 5.91 Å². The summed E-state index contributed by atoms with van der Waals surface area (Å²) in [5.41, 5.74) is 8.17. The Morgan fingerprint density at radius 3 is 2.67 bits per heavy atom. The third-order valence-corrected chi connectivity index (χ3v) is 3.83. The second-order valence-corrected chi connectivity index (χ2v) is 5.34. The highest BCUT2D eigenvalue weighted by molar-refractivity contribution is 9.10. The van der Waals surface area contributed by atoms with E-state index in [-0.39, 0.29) is 11.7 Å². The van der Waals surface area contributed by atoms with Crippen molar-refractivity contribution < 1.29 is 10.0 Å². The summed E-state index contributed by atoms with van der Waals surface area (Å²) in [6, 6.07) is 12.1. The monoisotopic (exact) mass is 347 g/mol. The molecule has 4 N–H and O–H groups in total. The van der Waals surface area contributed by atoms with Crippen molar-refractivity contribution in [2.24, 2.45) is 10.9 Å². The van der Waals surface area contributed by atoms with E-state index in [1.165, 1.54) is 0 Å². The molecule has 2 aromatic rings. The highest BCUT2D eigenvalue weighted by Gasteiger charge is 2.08. The molecule has 6 heteroatoms. The Morgan fingerprint density at radius 1 is 1.24 bits per heavy atom. The molecule has 0 fully saturated rings. The average Bonchev–Trinajstić information content (AvgIpc) is 2.49. The van der Waals surface area contributed by atoms with E-state index in [4.69, 9.17) is 10.9 Å². The number of nitrogens with two attached hydrogens (primary N) is 1. The second kappa shape index (κ2) is 6.41. The van der Waals surface area contributed by atoms with Gasteiger partial charge in [-0.2, -0.15) is 0 Å². The number of amides is 1. The van der Waals surface area contributed by atoms with Crippen LogP contribution in [-0.2, 0) is 0 Å². The molecule has 0 aliphatic rings. The van der Waals surface area contributed by atoms with E-state index in [0.29, 0.717) is 16.8 Å². The summed E-state index contributed by atoms with van der Waals surface area (Å²) in [5, 5.41) is 14.4. The molecule has 1 amide bonds. The minimum atomic E-state index is -0.220. The van der Waals surface area contributed by atoms with E-state index in [1.807, 2.05) is 13.0 Å². The number of rotatable bonds is 3. The lowest BCUT2D eigenvalue weighted by Gasteiger charge is -2.08. The molecule has 0 heterocycles. The molecule has 0 saturated heterocycles. The summed E-state index contributed by atoms with van der Waals surface area (Å²) in [6.45, 7) is 1.92. The van der Waals surface area contributed by atoms with Gasteiger partial charge >= 0.3 is 0 Å². The number of nitrogens with zero attached hydrogens (tertiary/aromatic N) is 1. The minimum Gasteiger partial charge on any atom is -0.409 e. The van der Waals surface area contributed by atoms with E-state index in [0.717, 1.165) is 10.0 Å². The lowest BCUT2D eigenvalue weighted by atomic mass is 10.1. The number of halogens is 1. The van der Waals surface area contributed by atoms with Gasteiger partial charge in [-0.1, -0.05) is 33.2 Å². The van der Waals surface area contributed by atoms with Crippen molar-refractivity contribution in [3.63, 3.8) is 0 Å². The molecule has 0 radical (unpaired) electrons. The largest absolute Gasteiger partial charge is 0.409 e. The van der Waals surface area contributed by atoms with Crippen LogP contribution in [0.5, 0.6) is 0 Å². The summed E-state index contributed by atoms with van der Waals surface area (Å²) in [4.78, 5) is 12.2. The first kappa shape index (κ1) is 15.1. The van der Waals surface area contributed by atoms with E-state index >= 15 is 0 Å². The van der Waals surface area contributed by atoms with Crippen LogP contribution < -0.4 is 11.1 Å². The number of hydrogen-bond donors (Lipinski definition) is 3. The molecular weight excluding hydrogens is 334 g/mol. The number of amidine groups is 1. The van der Waals surface area contributed by atoms with Crippen molar-refractivity contribution in [2.45, 2.75) is 6.92 Å². The normalized spacial score (nSPS) is 11.2. The van der Waals surface area contributed by atoms with Crippen LogP contribution in [0.25, 0.3) is 0 Å². The molecule has 5 nitrogen and oxygen atoms in total. The summed E-state index contributed by atoms with van der Waals surface area (Å²) < 4.78 is 0.952. The molecule has 0 aliphatic carbocycles. The maximum Gasteiger partial charge on any atom is 0.255 e. The van der Waals surface area contributed by atoms with Crippen molar-refractivity contribution in [2.75, 3.05) is 5.32 Å². The smallest absolute Gasteiger partial charge is 0.255 e. The molecule has 0 saturated carbocycles. The van der Waals surface area contributed by atoms with Crippen LogP contribution in [0, 0.1) is 6.92 Å². The van der Waals surface area contributed by atoms with E-state index in [9.17, 15) is 4.79 Å². The predicted octanol–water partition coefficient (Wildman–Crippen LogP) is 3.10. The Labute approximate surface area is 130 Å². The zero-order valence-electron chi connectivity index (χ0n) is 11.3. The Bertz CT molecular complexity index is 714. The van der Waals surface area contributed by atoms with Gasteiger partial charge in [-0.25, -0.2) is 0 Å². The lowest BCUT2D eigenvalue weighted by molar-refractivity contribution is 0.102. The molecule has 2 rings (SSSR count). The maximum atomic E-state index is 12.2. The van der Waals surface area contributed by atoms with Crippen molar-refractivity contribution in [1.29, 1.82) is 0 Å². The molecule has 0 aromatic heterocycles. The number of oxime groups is 1. The number of carbonyl (C=O) groups excluding carboxylic acids is 1. The summed E-state index contributed by atoms with van der Waals surface area (Å²) in [7, 11) is 0. The van der Waals surface area contributed by atoms with Gasteiger partial charge in [0.05, 0.1) is 0 Å². The molecule has 0 spiro atoms. The minimum absolute atomic E-state index is 0.00872. The van der Waals surface area contributed by atoms with Crippen molar-refractivity contribution in [3.8, 4) is 0 Å². The van der Waals surface area contributed by atoms with Crippen molar-refractivity contribution >= 4 is 33.4 Å². The van der Waals surface area contributed by atoms with Crippen LogP contribution in [0.1, 0.15) is 21.5 Å². The fourth-order valence-electron chi connectivity index (χ4n) is 1.80. The van der Waals surface area contributed by atoms with Gasteiger partial charge in [0.1, 0.15) is 0 Å². The SMILES string of the molecule is Cc1cc(C(=O)Nc2cccc(/C(N)=N/O)c2)ccc1Br. The third-order valence-electron chi connectivity index (χ3n) is 2.94. The number of nitrogens with one attached hydrogen (secondary N) is 1. The maximum absolute atomic E-state index is 12.2. The van der Waals surface area contributed by atoms with Crippen LogP contribution in [0.3, 0.4) is 0 Å². The number of carbonyl (C=O) groups is 1. The Kier molecular flexibility index (Phi) is 4.59. The molecule has 0 bridgehead atoms. The third kappa shape index (κ3) is 3.61. The number of hydrogen-bond acceptors (Lipinski definition) is 3. The van der Waals surface area contributed by atoms with Crippen LogP contribution in [0.4, 0.5) is 5.69 Å². The average molecular weight is 348 g/mol. The highest BCUT2D eigenvalue weighted by atomic mass is 79.9. The van der Waals surface area contributed by atoms with Crippen molar-refractivity contribution in [3.05, 3.63) is 63.6 Å². The van der Waals surface area contributed by atoms with Gasteiger partial charge in [-0.15, -0.1) is 0 Å². The molecule has 0 atom stereocenters. The van der Waals surface area contributed by atoms with Crippen molar-refractivity contribution in [1.82, 2.24) is 0 Å². The zero-order chi connectivity index (χ0) is 15.4. The molecular formula is C15H14BrN3O2. The predicted molar refractivity (Wildman–Crippen MR) is 85.8 cm³/mol.